The third kappa shape index (κ3) is 4.68. The molecule has 1 saturated heterocycles. The minimum Gasteiger partial charge on any atom is -0.496 e. The minimum atomic E-state index is 0.0670. The van der Waals surface area contributed by atoms with E-state index in [-0.39, 0.29) is 5.91 Å². The van der Waals surface area contributed by atoms with E-state index in [0.717, 1.165) is 49.3 Å². The minimum absolute atomic E-state index is 0.0670. The number of fused-ring (bicyclic) bond motifs is 1. The first kappa shape index (κ1) is 20.5. The quantitative estimate of drug-likeness (QED) is 0.641. The van der Waals surface area contributed by atoms with E-state index in [1.54, 1.807) is 7.11 Å². The van der Waals surface area contributed by atoms with Crippen LogP contribution in [0.3, 0.4) is 0 Å². The molecule has 1 aliphatic heterocycles. The van der Waals surface area contributed by atoms with Crippen LogP contribution in [-0.4, -0.2) is 61.0 Å². The van der Waals surface area contributed by atoms with Gasteiger partial charge < -0.3 is 19.5 Å². The van der Waals surface area contributed by atoms with Gasteiger partial charge in [0, 0.05) is 37.6 Å². The van der Waals surface area contributed by atoms with Gasteiger partial charge >= 0.3 is 0 Å². The molecule has 5 nitrogen and oxygen atoms in total. The number of carbonyl (C=O) groups excluding carboxylic acids is 1. The lowest BCUT2D eigenvalue weighted by Gasteiger charge is -2.34. The Kier molecular flexibility index (Phi) is 6.38. The molecule has 0 unspecified atom stereocenters. The fourth-order valence-electron chi connectivity index (χ4n) is 4.56. The highest BCUT2D eigenvalue weighted by Crippen LogP contribution is 2.22. The summed E-state index contributed by atoms with van der Waals surface area (Å²) in [6, 6.07) is 18.2. The fourth-order valence-corrected chi connectivity index (χ4v) is 4.56. The second-order valence-electron chi connectivity index (χ2n) is 8.33. The molecule has 3 aromatic rings. The molecule has 0 saturated carbocycles. The number of rotatable bonds is 7. The highest BCUT2D eigenvalue weighted by molar-refractivity contribution is 5.97. The first-order chi connectivity index (χ1) is 14.6. The molecule has 2 aromatic carbocycles. The zero-order valence-electron chi connectivity index (χ0n) is 17.9. The lowest BCUT2D eigenvalue weighted by Crippen LogP contribution is -2.42. The summed E-state index contributed by atoms with van der Waals surface area (Å²) < 4.78 is 5.48. The average molecular weight is 406 g/mol. The van der Waals surface area contributed by atoms with E-state index in [2.05, 4.69) is 22.0 Å². The van der Waals surface area contributed by atoms with Crippen LogP contribution in [0.25, 0.3) is 10.9 Å². The molecule has 5 heteroatoms. The summed E-state index contributed by atoms with van der Waals surface area (Å²) in [6.07, 6.45) is 3.35. The Morgan fingerprint density at radius 3 is 2.83 bits per heavy atom. The van der Waals surface area contributed by atoms with E-state index in [1.807, 2.05) is 54.4 Å². The van der Waals surface area contributed by atoms with Gasteiger partial charge in [0.05, 0.1) is 7.11 Å². The maximum Gasteiger partial charge on any atom is 0.270 e. The predicted molar refractivity (Wildman–Crippen MR) is 121 cm³/mol. The topological polar surface area (TPSA) is 48.6 Å². The van der Waals surface area contributed by atoms with Gasteiger partial charge in [0.25, 0.3) is 5.91 Å². The van der Waals surface area contributed by atoms with Crippen LogP contribution < -0.4 is 4.74 Å². The highest BCUT2D eigenvalue weighted by Gasteiger charge is 2.24. The van der Waals surface area contributed by atoms with Crippen LogP contribution in [0.2, 0.25) is 0 Å². The molecular formula is C25H31N3O2. The van der Waals surface area contributed by atoms with Crippen LogP contribution in [0, 0.1) is 5.92 Å². The van der Waals surface area contributed by atoms with Gasteiger partial charge in [0.15, 0.2) is 0 Å². The molecule has 0 spiro atoms. The summed E-state index contributed by atoms with van der Waals surface area (Å²) >= 11 is 0. The normalized spacial score (nSPS) is 17.2. The molecule has 1 amide bonds. The van der Waals surface area contributed by atoms with Crippen molar-refractivity contribution in [2.75, 3.05) is 40.3 Å². The van der Waals surface area contributed by atoms with Crippen molar-refractivity contribution in [3.05, 3.63) is 65.9 Å². The Hall–Kier alpha value is -2.79. The third-order valence-electron chi connectivity index (χ3n) is 6.13. The van der Waals surface area contributed by atoms with Gasteiger partial charge in [-0.25, -0.2) is 0 Å². The number of ether oxygens (including phenoxy) is 1. The van der Waals surface area contributed by atoms with Gasteiger partial charge in [-0.1, -0.05) is 36.4 Å². The SMILES string of the molecule is COc1ccccc1CCN1CCC[C@@H](CN(C)C(=O)c2cc3ccccc3[nH]2)C1. The number of nitrogens with one attached hydrogen (secondary N) is 1. The zero-order valence-corrected chi connectivity index (χ0v) is 17.9. The van der Waals surface area contributed by atoms with E-state index in [1.165, 1.54) is 18.4 Å². The summed E-state index contributed by atoms with van der Waals surface area (Å²) in [6.45, 7) is 3.99. The molecule has 1 atom stereocenters. The van der Waals surface area contributed by atoms with Crippen LogP contribution in [0.15, 0.2) is 54.6 Å². The largest absolute Gasteiger partial charge is 0.496 e. The van der Waals surface area contributed by atoms with Crippen LogP contribution in [0.1, 0.15) is 28.9 Å². The summed E-state index contributed by atoms with van der Waals surface area (Å²) in [5.41, 5.74) is 2.94. The van der Waals surface area contributed by atoms with Gasteiger partial charge in [-0.05, 0) is 55.5 Å². The van der Waals surface area contributed by atoms with Crippen molar-refractivity contribution in [3.8, 4) is 5.75 Å². The second-order valence-corrected chi connectivity index (χ2v) is 8.33. The number of para-hydroxylation sites is 2. The van der Waals surface area contributed by atoms with E-state index < -0.39 is 0 Å². The molecule has 4 rings (SSSR count). The van der Waals surface area contributed by atoms with Crippen molar-refractivity contribution in [2.45, 2.75) is 19.3 Å². The number of hydrogen-bond acceptors (Lipinski definition) is 3. The van der Waals surface area contributed by atoms with E-state index in [9.17, 15) is 4.79 Å². The summed E-state index contributed by atoms with van der Waals surface area (Å²) in [5, 5.41) is 1.08. The van der Waals surface area contributed by atoms with Gasteiger partial charge in [-0.3, -0.25) is 4.79 Å². The van der Waals surface area contributed by atoms with Crippen molar-refractivity contribution in [1.82, 2.24) is 14.8 Å². The lowest BCUT2D eigenvalue weighted by atomic mass is 9.97. The van der Waals surface area contributed by atoms with Crippen molar-refractivity contribution in [3.63, 3.8) is 0 Å². The number of hydrogen-bond donors (Lipinski definition) is 1. The van der Waals surface area contributed by atoms with Gasteiger partial charge in [-0.2, -0.15) is 0 Å². The Morgan fingerprint density at radius 2 is 2.00 bits per heavy atom. The number of aromatic nitrogens is 1. The predicted octanol–water partition coefficient (Wildman–Crippen LogP) is 4.20. The van der Waals surface area contributed by atoms with Crippen LogP contribution in [0.5, 0.6) is 5.75 Å². The Bertz CT molecular complexity index is 964. The monoisotopic (exact) mass is 405 g/mol. The van der Waals surface area contributed by atoms with Crippen molar-refractivity contribution < 1.29 is 9.53 Å². The number of carbonyl (C=O) groups is 1. The maximum absolute atomic E-state index is 12.9. The number of nitrogens with zero attached hydrogens (tertiary/aromatic N) is 2. The van der Waals surface area contributed by atoms with Gasteiger partial charge in [0.1, 0.15) is 11.4 Å². The number of piperidine rings is 1. The molecule has 0 bridgehead atoms. The van der Waals surface area contributed by atoms with Crippen molar-refractivity contribution in [1.29, 1.82) is 0 Å². The van der Waals surface area contributed by atoms with E-state index >= 15 is 0 Å². The molecular weight excluding hydrogens is 374 g/mol. The van der Waals surface area contributed by atoms with E-state index in [0.29, 0.717) is 11.6 Å². The number of amides is 1. The van der Waals surface area contributed by atoms with Crippen LogP contribution in [0.4, 0.5) is 0 Å². The van der Waals surface area contributed by atoms with Gasteiger partial charge in [-0.15, -0.1) is 0 Å². The first-order valence-corrected chi connectivity index (χ1v) is 10.8. The molecule has 158 valence electrons. The standard InChI is InChI=1S/C25H31N3O2/c1-27(25(29)23-16-21-10-3-5-11-22(21)26-23)17-19-8-7-14-28(18-19)15-13-20-9-4-6-12-24(20)30-2/h3-6,9-12,16,19,26H,7-8,13-15,17-18H2,1-2H3/t19-/m0/s1. The maximum atomic E-state index is 12.9. The molecule has 1 N–H and O–H groups in total. The third-order valence-corrected chi connectivity index (χ3v) is 6.13. The molecule has 2 heterocycles. The number of aromatic amines is 1. The smallest absolute Gasteiger partial charge is 0.270 e. The molecule has 30 heavy (non-hydrogen) atoms. The number of benzene rings is 2. The highest BCUT2D eigenvalue weighted by atomic mass is 16.5. The molecule has 1 fully saturated rings. The molecule has 0 radical (unpaired) electrons. The van der Waals surface area contributed by atoms with Gasteiger partial charge in [0.2, 0.25) is 0 Å². The summed E-state index contributed by atoms with van der Waals surface area (Å²) in [7, 11) is 3.65. The number of H-pyrrole nitrogens is 1. The van der Waals surface area contributed by atoms with E-state index in [4.69, 9.17) is 4.74 Å². The molecule has 0 aliphatic carbocycles. The Morgan fingerprint density at radius 1 is 1.20 bits per heavy atom. The Balaban J connectivity index is 1.32. The fraction of sp³-hybridized carbons (Fsp3) is 0.400. The molecule has 1 aromatic heterocycles. The van der Waals surface area contributed by atoms with Crippen molar-refractivity contribution in [2.24, 2.45) is 5.92 Å². The number of methoxy groups -OCH3 is 1. The molecule has 1 aliphatic rings. The van der Waals surface area contributed by atoms with Crippen molar-refractivity contribution >= 4 is 16.8 Å². The zero-order chi connectivity index (χ0) is 20.9. The summed E-state index contributed by atoms with van der Waals surface area (Å²) in [5.74, 6) is 1.54. The summed E-state index contributed by atoms with van der Waals surface area (Å²) in [4.78, 5) is 20.6. The van der Waals surface area contributed by atoms with Crippen LogP contribution in [-0.2, 0) is 6.42 Å². The number of likely N-dealkylation sites (tertiary alicyclic amines) is 1. The second kappa shape index (κ2) is 9.35. The Labute approximate surface area is 178 Å². The van der Waals surface area contributed by atoms with Crippen LogP contribution >= 0.6 is 0 Å². The lowest BCUT2D eigenvalue weighted by molar-refractivity contribution is 0.0725. The average Bonchev–Trinajstić information content (AvgIpc) is 3.22. The first-order valence-electron chi connectivity index (χ1n) is 10.8.